The lowest BCUT2D eigenvalue weighted by atomic mass is 10.0. The van der Waals surface area contributed by atoms with Gasteiger partial charge in [0.1, 0.15) is 6.04 Å². The van der Waals surface area contributed by atoms with E-state index in [1.165, 1.54) is 17.7 Å². The molecule has 0 spiro atoms. The number of nitro benzene ring substituents is 1. The molecule has 0 aliphatic rings. The Labute approximate surface area is 181 Å². The molecule has 2 rings (SSSR count). The van der Waals surface area contributed by atoms with E-state index in [1.54, 1.807) is 11.9 Å². The third-order valence-corrected chi connectivity index (χ3v) is 5.17. The van der Waals surface area contributed by atoms with E-state index in [2.05, 4.69) is 12.2 Å². The number of benzene rings is 2. The van der Waals surface area contributed by atoms with Crippen LogP contribution in [0.5, 0.6) is 0 Å². The summed E-state index contributed by atoms with van der Waals surface area (Å²) in [5.74, 6) is -0.943. The Morgan fingerprint density at radius 3 is 2.23 bits per heavy atom. The second-order valence-electron chi connectivity index (χ2n) is 7.48. The summed E-state index contributed by atoms with van der Waals surface area (Å²) in [7, 11) is 1.69. The Kier molecular flexibility index (Phi) is 7.94. The lowest BCUT2D eigenvalue weighted by Crippen LogP contribution is -2.50. The first-order valence-electron chi connectivity index (χ1n) is 9.71. The molecule has 8 heteroatoms. The highest BCUT2D eigenvalue weighted by Crippen LogP contribution is 2.23. The van der Waals surface area contributed by atoms with Crippen molar-refractivity contribution in [2.45, 2.75) is 39.8 Å². The fraction of sp³-hybridized carbons (Fsp3) is 0.364. The Bertz CT molecular complexity index is 928. The van der Waals surface area contributed by atoms with Crippen LogP contribution in [0.3, 0.4) is 0 Å². The van der Waals surface area contributed by atoms with Crippen LogP contribution in [0.2, 0.25) is 5.02 Å². The molecule has 30 heavy (non-hydrogen) atoms. The summed E-state index contributed by atoms with van der Waals surface area (Å²) >= 11 is 6.04. The average Bonchev–Trinajstić information content (AvgIpc) is 2.71. The van der Waals surface area contributed by atoms with Crippen molar-refractivity contribution in [2.24, 2.45) is 5.92 Å². The molecule has 1 atom stereocenters. The number of nitrogens with zero attached hydrogens (tertiary/aromatic N) is 2. The number of non-ortho nitro benzene ring substituents is 1. The van der Waals surface area contributed by atoms with Crippen LogP contribution in [0.25, 0.3) is 0 Å². The zero-order chi connectivity index (χ0) is 22.4. The summed E-state index contributed by atoms with van der Waals surface area (Å²) < 4.78 is 0. The van der Waals surface area contributed by atoms with Gasteiger partial charge in [-0.15, -0.1) is 0 Å². The van der Waals surface area contributed by atoms with E-state index in [0.717, 1.165) is 18.1 Å². The van der Waals surface area contributed by atoms with Crippen molar-refractivity contribution in [1.29, 1.82) is 0 Å². The van der Waals surface area contributed by atoms with Crippen LogP contribution in [0.15, 0.2) is 42.5 Å². The number of nitro groups is 1. The first-order chi connectivity index (χ1) is 14.1. The molecule has 0 unspecified atom stereocenters. The van der Waals surface area contributed by atoms with E-state index in [1.807, 2.05) is 38.1 Å². The Hall–Kier alpha value is -2.93. The van der Waals surface area contributed by atoms with E-state index in [0.29, 0.717) is 6.54 Å². The minimum atomic E-state index is -0.760. The van der Waals surface area contributed by atoms with Gasteiger partial charge in [0.05, 0.1) is 15.5 Å². The summed E-state index contributed by atoms with van der Waals surface area (Å²) in [6.07, 6.45) is 0.946. The number of halogens is 1. The third-order valence-electron chi connectivity index (χ3n) is 4.85. The number of carbonyl (C=O) groups excluding carboxylic acids is 2. The molecule has 0 aliphatic heterocycles. The quantitative estimate of drug-likeness (QED) is 0.500. The topological polar surface area (TPSA) is 92.6 Å². The highest BCUT2D eigenvalue weighted by molar-refractivity contribution is 6.34. The fourth-order valence-corrected chi connectivity index (χ4v) is 3.26. The van der Waals surface area contributed by atoms with Crippen molar-refractivity contribution >= 4 is 29.1 Å². The predicted molar refractivity (Wildman–Crippen MR) is 116 cm³/mol. The molecular weight excluding hydrogens is 406 g/mol. The number of aryl methyl sites for hydroxylation is 1. The Balaban J connectivity index is 2.12. The first kappa shape index (κ1) is 23.3. The van der Waals surface area contributed by atoms with Crippen LogP contribution in [0.4, 0.5) is 5.69 Å². The number of rotatable bonds is 8. The maximum absolute atomic E-state index is 13.0. The van der Waals surface area contributed by atoms with Gasteiger partial charge in [0.25, 0.3) is 11.6 Å². The second kappa shape index (κ2) is 10.2. The minimum Gasteiger partial charge on any atom is -0.340 e. The van der Waals surface area contributed by atoms with Gasteiger partial charge in [-0.2, -0.15) is 0 Å². The number of hydrogen-bond acceptors (Lipinski definition) is 4. The summed E-state index contributed by atoms with van der Waals surface area (Å²) in [5, 5.41) is 13.5. The molecular formula is C22H26ClN3O4. The molecule has 1 N–H and O–H groups in total. The van der Waals surface area contributed by atoms with Gasteiger partial charge in [0.2, 0.25) is 5.91 Å². The largest absolute Gasteiger partial charge is 0.340 e. The maximum Gasteiger partial charge on any atom is 0.270 e. The summed E-state index contributed by atoms with van der Waals surface area (Å²) in [4.78, 5) is 37.5. The van der Waals surface area contributed by atoms with E-state index in [-0.39, 0.29) is 28.1 Å². The van der Waals surface area contributed by atoms with E-state index < -0.39 is 16.9 Å². The van der Waals surface area contributed by atoms with Crippen LogP contribution >= 0.6 is 11.6 Å². The van der Waals surface area contributed by atoms with Crippen LogP contribution < -0.4 is 5.32 Å². The van der Waals surface area contributed by atoms with Gasteiger partial charge in [0, 0.05) is 25.7 Å². The lowest BCUT2D eigenvalue weighted by molar-refractivity contribution is -0.384. The molecule has 7 nitrogen and oxygen atoms in total. The van der Waals surface area contributed by atoms with Gasteiger partial charge in [0.15, 0.2) is 0 Å². The molecule has 0 bridgehead atoms. The molecule has 2 aromatic carbocycles. The molecule has 2 aromatic rings. The summed E-state index contributed by atoms with van der Waals surface area (Å²) in [5.41, 5.74) is 2.09. The van der Waals surface area contributed by atoms with Gasteiger partial charge in [-0.1, -0.05) is 56.6 Å². The normalized spacial score (nSPS) is 11.8. The lowest BCUT2D eigenvalue weighted by Gasteiger charge is -2.27. The van der Waals surface area contributed by atoms with Crippen molar-refractivity contribution in [1.82, 2.24) is 10.2 Å². The third kappa shape index (κ3) is 5.79. The average molecular weight is 432 g/mol. The molecule has 0 aliphatic carbocycles. The minimum absolute atomic E-state index is 0.0407. The molecule has 0 fully saturated rings. The molecule has 0 radical (unpaired) electrons. The number of hydrogen-bond donors (Lipinski definition) is 1. The fourth-order valence-electron chi connectivity index (χ4n) is 3.00. The van der Waals surface area contributed by atoms with E-state index in [4.69, 9.17) is 11.6 Å². The highest BCUT2D eigenvalue weighted by atomic mass is 35.5. The van der Waals surface area contributed by atoms with Crippen molar-refractivity contribution in [3.05, 3.63) is 74.3 Å². The van der Waals surface area contributed by atoms with Crippen LogP contribution in [-0.2, 0) is 17.8 Å². The SMILES string of the molecule is CCc1ccc(CN(C)C(=O)[C@@H](NC(=O)c2ccc([N+](=O)[O-])cc2Cl)C(C)C)cc1. The highest BCUT2D eigenvalue weighted by Gasteiger charge is 2.28. The smallest absolute Gasteiger partial charge is 0.270 e. The molecule has 0 saturated heterocycles. The standard InChI is InChI=1S/C22H26ClN3O4/c1-5-15-6-8-16(9-7-15)13-25(4)22(28)20(14(2)3)24-21(27)18-11-10-17(26(29)30)12-19(18)23/h6-12,14,20H,5,13H2,1-4H3,(H,24,27)/t20-/m0/s1. The molecule has 2 amide bonds. The Morgan fingerprint density at radius 2 is 1.73 bits per heavy atom. The second-order valence-corrected chi connectivity index (χ2v) is 7.89. The zero-order valence-corrected chi connectivity index (χ0v) is 18.3. The monoisotopic (exact) mass is 431 g/mol. The van der Waals surface area contributed by atoms with Gasteiger partial charge < -0.3 is 10.2 Å². The molecule has 160 valence electrons. The van der Waals surface area contributed by atoms with E-state index in [9.17, 15) is 19.7 Å². The maximum atomic E-state index is 13.0. The molecule has 0 heterocycles. The number of amides is 2. The number of carbonyl (C=O) groups is 2. The van der Waals surface area contributed by atoms with Crippen LogP contribution in [0.1, 0.15) is 42.3 Å². The summed E-state index contributed by atoms with van der Waals surface area (Å²) in [6.45, 7) is 6.17. The van der Waals surface area contributed by atoms with Gasteiger partial charge in [-0.3, -0.25) is 19.7 Å². The Morgan fingerprint density at radius 1 is 1.13 bits per heavy atom. The van der Waals surface area contributed by atoms with Crippen LogP contribution in [0, 0.1) is 16.0 Å². The van der Waals surface area contributed by atoms with Crippen molar-refractivity contribution < 1.29 is 14.5 Å². The first-order valence-corrected chi connectivity index (χ1v) is 10.1. The van der Waals surface area contributed by atoms with Crippen molar-refractivity contribution in [2.75, 3.05) is 7.05 Å². The molecule has 0 saturated carbocycles. The summed E-state index contributed by atoms with van der Waals surface area (Å²) in [6, 6.07) is 10.9. The van der Waals surface area contributed by atoms with E-state index >= 15 is 0 Å². The van der Waals surface area contributed by atoms with Crippen molar-refractivity contribution in [3.63, 3.8) is 0 Å². The predicted octanol–water partition coefficient (Wildman–Crippen LogP) is 4.22. The molecule has 0 aromatic heterocycles. The van der Waals surface area contributed by atoms with Gasteiger partial charge in [-0.25, -0.2) is 0 Å². The number of likely N-dealkylation sites (N-methyl/N-ethyl adjacent to an activating group) is 1. The van der Waals surface area contributed by atoms with Gasteiger partial charge >= 0.3 is 0 Å². The number of nitrogens with one attached hydrogen (secondary N) is 1. The van der Waals surface area contributed by atoms with Gasteiger partial charge in [-0.05, 0) is 29.5 Å². The van der Waals surface area contributed by atoms with Crippen LogP contribution in [-0.4, -0.2) is 34.7 Å². The zero-order valence-electron chi connectivity index (χ0n) is 17.5. The van der Waals surface area contributed by atoms with Crippen molar-refractivity contribution in [3.8, 4) is 0 Å².